The molecule has 1 N–H and O–H groups in total. The minimum atomic E-state index is -1.33. The summed E-state index contributed by atoms with van der Waals surface area (Å²) in [6, 6.07) is 0. The second-order valence-corrected chi connectivity index (χ2v) is 2.83. The Bertz CT molecular complexity index is 194. The number of carbonyl (C=O) groups is 2. The van der Waals surface area contributed by atoms with Crippen molar-refractivity contribution in [2.75, 3.05) is 0 Å². The van der Waals surface area contributed by atoms with Crippen molar-refractivity contribution >= 4 is 11.9 Å². The SMILES string of the molecule is CCC(=O)OC(CC)(CC)C(=O)O. The molecule has 0 rings (SSSR count). The lowest BCUT2D eigenvalue weighted by atomic mass is 9.97. The molecule has 0 amide bonds. The standard InChI is InChI=1S/C9H16O4/c1-4-7(10)13-9(5-2,6-3)8(11)12/h4-6H2,1-3H3,(H,11,12). The van der Waals surface area contributed by atoms with Gasteiger partial charge in [-0.05, 0) is 12.8 Å². The monoisotopic (exact) mass is 188 g/mol. The maximum absolute atomic E-state index is 11.0. The largest absolute Gasteiger partial charge is 0.478 e. The van der Waals surface area contributed by atoms with Crippen molar-refractivity contribution in [3.05, 3.63) is 0 Å². The van der Waals surface area contributed by atoms with Gasteiger partial charge in [-0.1, -0.05) is 20.8 Å². The molecule has 0 aliphatic heterocycles. The first-order valence-corrected chi connectivity index (χ1v) is 4.47. The van der Waals surface area contributed by atoms with Gasteiger partial charge in [-0.2, -0.15) is 0 Å². The van der Waals surface area contributed by atoms with Crippen LogP contribution in [0.3, 0.4) is 0 Å². The summed E-state index contributed by atoms with van der Waals surface area (Å²) in [4.78, 5) is 21.8. The topological polar surface area (TPSA) is 63.6 Å². The van der Waals surface area contributed by atoms with E-state index in [0.29, 0.717) is 12.8 Å². The number of rotatable bonds is 5. The summed E-state index contributed by atoms with van der Waals surface area (Å²) in [7, 11) is 0. The molecule has 4 heteroatoms. The molecule has 0 aromatic rings. The minimum Gasteiger partial charge on any atom is -0.478 e. The number of hydrogen-bond donors (Lipinski definition) is 1. The average molecular weight is 188 g/mol. The normalized spacial score (nSPS) is 11.0. The third-order valence-electron chi connectivity index (χ3n) is 2.13. The van der Waals surface area contributed by atoms with Crippen LogP contribution in [0.5, 0.6) is 0 Å². The highest BCUT2D eigenvalue weighted by Gasteiger charge is 2.38. The van der Waals surface area contributed by atoms with Crippen LogP contribution < -0.4 is 0 Å². The van der Waals surface area contributed by atoms with Crippen LogP contribution in [0, 0.1) is 0 Å². The first kappa shape index (κ1) is 11.9. The Balaban J connectivity index is 4.57. The zero-order valence-electron chi connectivity index (χ0n) is 8.29. The van der Waals surface area contributed by atoms with Crippen LogP contribution in [0.15, 0.2) is 0 Å². The maximum Gasteiger partial charge on any atom is 0.348 e. The van der Waals surface area contributed by atoms with E-state index in [1.54, 1.807) is 20.8 Å². The predicted molar refractivity (Wildman–Crippen MR) is 47.3 cm³/mol. The lowest BCUT2D eigenvalue weighted by Crippen LogP contribution is -2.42. The highest BCUT2D eigenvalue weighted by Crippen LogP contribution is 2.21. The third-order valence-corrected chi connectivity index (χ3v) is 2.13. The van der Waals surface area contributed by atoms with Gasteiger partial charge < -0.3 is 9.84 Å². The molecule has 0 aromatic heterocycles. The minimum absolute atomic E-state index is 0.203. The number of carboxylic acids is 1. The molecule has 0 heterocycles. The van der Waals surface area contributed by atoms with Gasteiger partial charge in [0.25, 0.3) is 0 Å². The summed E-state index contributed by atoms with van der Waals surface area (Å²) in [6.07, 6.45) is 0.796. The van der Waals surface area contributed by atoms with E-state index < -0.39 is 17.5 Å². The van der Waals surface area contributed by atoms with Crippen molar-refractivity contribution in [3.63, 3.8) is 0 Å². The Labute approximate surface area is 77.9 Å². The molecule has 0 spiro atoms. The van der Waals surface area contributed by atoms with Gasteiger partial charge in [-0.25, -0.2) is 4.79 Å². The van der Waals surface area contributed by atoms with E-state index in [2.05, 4.69) is 0 Å². The number of aliphatic carboxylic acids is 1. The van der Waals surface area contributed by atoms with Gasteiger partial charge >= 0.3 is 11.9 Å². The molecular weight excluding hydrogens is 172 g/mol. The van der Waals surface area contributed by atoms with Crippen molar-refractivity contribution in [2.45, 2.75) is 45.6 Å². The van der Waals surface area contributed by atoms with Gasteiger partial charge in [-0.15, -0.1) is 0 Å². The van der Waals surface area contributed by atoms with E-state index in [-0.39, 0.29) is 6.42 Å². The Kier molecular flexibility index (Phi) is 4.45. The fourth-order valence-corrected chi connectivity index (χ4v) is 1.03. The second kappa shape index (κ2) is 4.84. The van der Waals surface area contributed by atoms with E-state index in [1.807, 2.05) is 0 Å². The first-order chi connectivity index (χ1) is 6.02. The summed E-state index contributed by atoms with van der Waals surface area (Å²) in [5.41, 5.74) is -1.33. The number of carboxylic acid groups (broad SMARTS) is 1. The molecular formula is C9H16O4. The molecule has 0 saturated heterocycles. The highest BCUT2D eigenvalue weighted by atomic mass is 16.6. The van der Waals surface area contributed by atoms with Crippen molar-refractivity contribution in [1.82, 2.24) is 0 Å². The number of esters is 1. The summed E-state index contributed by atoms with van der Waals surface area (Å²) in [5.74, 6) is -1.54. The van der Waals surface area contributed by atoms with Crippen LogP contribution in [-0.4, -0.2) is 22.6 Å². The fourth-order valence-electron chi connectivity index (χ4n) is 1.03. The Hall–Kier alpha value is -1.06. The third kappa shape index (κ3) is 2.72. The van der Waals surface area contributed by atoms with Crippen LogP contribution in [0.2, 0.25) is 0 Å². The number of ether oxygens (including phenoxy) is 1. The molecule has 0 aliphatic rings. The maximum atomic E-state index is 11.0. The zero-order valence-corrected chi connectivity index (χ0v) is 8.29. The number of carbonyl (C=O) groups excluding carboxylic acids is 1. The first-order valence-electron chi connectivity index (χ1n) is 4.47. The van der Waals surface area contributed by atoms with Gasteiger partial charge in [0.2, 0.25) is 5.60 Å². The molecule has 76 valence electrons. The Morgan fingerprint density at radius 3 is 1.92 bits per heavy atom. The van der Waals surface area contributed by atoms with E-state index in [9.17, 15) is 9.59 Å². The molecule has 0 bridgehead atoms. The predicted octanol–water partition coefficient (Wildman–Crippen LogP) is 1.58. The van der Waals surface area contributed by atoms with E-state index in [1.165, 1.54) is 0 Å². The zero-order chi connectivity index (χ0) is 10.5. The lowest BCUT2D eigenvalue weighted by Gasteiger charge is -2.26. The molecule has 0 fully saturated rings. The van der Waals surface area contributed by atoms with Crippen molar-refractivity contribution in [1.29, 1.82) is 0 Å². The van der Waals surface area contributed by atoms with Crippen molar-refractivity contribution < 1.29 is 19.4 Å². The quantitative estimate of drug-likeness (QED) is 0.665. The van der Waals surface area contributed by atoms with Crippen LogP contribution in [0.25, 0.3) is 0 Å². The van der Waals surface area contributed by atoms with Gasteiger partial charge in [0.15, 0.2) is 0 Å². The molecule has 0 aromatic carbocycles. The summed E-state index contributed by atoms with van der Waals surface area (Å²) >= 11 is 0. The molecule has 13 heavy (non-hydrogen) atoms. The number of hydrogen-bond acceptors (Lipinski definition) is 3. The Morgan fingerprint density at radius 1 is 1.23 bits per heavy atom. The van der Waals surface area contributed by atoms with Crippen LogP contribution in [-0.2, 0) is 14.3 Å². The van der Waals surface area contributed by atoms with Gasteiger partial charge in [0, 0.05) is 6.42 Å². The van der Waals surface area contributed by atoms with Gasteiger partial charge in [0.1, 0.15) is 0 Å². The van der Waals surface area contributed by atoms with Crippen LogP contribution in [0.4, 0.5) is 0 Å². The van der Waals surface area contributed by atoms with E-state index >= 15 is 0 Å². The van der Waals surface area contributed by atoms with Gasteiger partial charge in [-0.3, -0.25) is 4.79 Å². The summed E-state index contributed by atoms with van der Waals surface area (Å²) in [5, 5.41) is 8.89. The van der Waals surface area contributed by atoms with Crippen molar-refractivity contribution in [2.24, 2.45) is 0 Å². The van der Waals surface area contributed by atoms with Gasteiger partial charge in [0.05, 0.1) is 0 Å². The molecule has 4 nitrogen and oxygen atoms in total. The van der Waals surface area contributed by atoms with Crippen LogP contribution >= 0.6 is 0 Å². The lowest BCUT2D eigenvalue weighted by molar-refractivity contribution is -0.179. The average Bonchev–Trinajstić information content (AvgIpc) is 2.13. The van der Waals surface area contributed by atoms with Crippen LogP contribution in [0.1, 0.15) is 40.0 Å². The highest BCUT2D eigenvalue weighted by molar-refractivity contribution is 5.81. The summed E-state index contributed by atoms with van der Waals surface area (Å²) in [6.45, 7) is 5.03. The molecule has 0 unspecified atom stereocenters. The Morgan fingerprint density at radius 2 is 1.69 bits per heavy atom. The second-order valence-electron chi connectivity index (χ2n) is 2.83. The van der Waals surface area contributed by atoms with E-state index in [4.69, 9.17) is 9.84 Å². The fraction of sp³-hybridized carbons (Fsp3) is 0.778. The smallest absolute Gasteiger partial charge is 0.348 e. The summed E-state index contributed by atoms with van der Waals surface area (Å²) < 4.78 is 4.91. The molecule has 0 saturated carbocycles. The molecule has 0 radical (unpaired) electrons. The van der Waals surface area contributed by atoms with E-state index in [0.717, 1.165) is 0 Å². The van der Waals surface area contributed by atoms with Crippen molar-refractivity contribution in [3.8, 4) is 0 Å². The molecule has 0 atom stereocenters. The molecule has 0 aliphatic carbocycles.